The molecule has 0 atom stereocenters. The van der Waals surface area contributed by atoms with Crippen molar-refractivity contribution in [2.24, 2.45) is 0 Å². The molecule has 24 heavy (non-hydrogen) atoms. The van der Waals surface area contributed by atoms with Crippen LogP contribution in [0.4, 0.5) is 0 Å². The fourth-order valence-electron chi connectivity index (χ4n) is 2.88. The number of nitrogens with zero attached hydrogens (tertiary/aromatic N) is 1. The second-order valence-corrected chi connectivity index (χ2v) is 5.80. The largest absolute Gasteiger partial charge is 0.462 e. The molecule has 0 radical (unpaired) electrons. The van der Waals surface area contributed by atoms with E-state index in [1.807, 2.05) is 67.1 Å². The third-order valence-corrected chi connectivity index (χ3v) is 4.13. The van der Waals surface area contributed by atoms with Crippen molar-refractivity contribution >= 4 is 5.97 Å². The molecular formula is C21H21NO2. The van der Waals surface area contributed by atoms with Gasteiger partial charge in [-0.3, -0.25) is 0 Å². The normalized spacial score (nSPS) is 10.6. The second kappa shape index (κ2) is 6.75. The van der Waals surface area contributed by atoms with Crippen LogP contribution in [-0.4, -0.2) is 17.1 Å². The van der Waals surface area contributed by atoms with Crippen LogP contribution in [0.15, 0.2) is 60.8 Å². The Kier molecular flexibility index (Phi) is 4.52. The van der Waals surface area contributed by atoms with Crippen LogP contribution in [0.3, 0.4) is 0 Å². The first-order chi connectivity index (χ1) is 11.6. The molecule has 3 aromatic rings. The Morgan fingerprint density at radius 3 is 2.29 bits per heavy atom. The third kappa shape index (κ3) is 2.98. The summed E-state index contributed by atoms with van der Waals surface area (Å²) in [4.78, 5) is 12.5. The van der Waals surface area contributed by atoms with Gasteiger partial charge >= 0.3 is 5.97 Å². The number of carbonyl (C=O) groups excluding carboxylic acids is 1. The van der Waals surface area contributed by atoms with Crippen LogP contribution in [0.1, 0.15) is 28.5 Å². The highest BCUT2D eigenvalue weighted by Crippen LogP contribution is 2.31. The van der Waals surface area contributed by atoms with E-state index in [9.17, 15) is 4.79 Å². The maximum absolute atomic E-state index is 12.5. The Bertz CT molecular complexity index is 846. The van der Waals surface area contributed by atoms with Crippen molar-refractivity contribution in [3.05, 3.63) is 77.6 Å². The number of hydrogen-bond donors (Lipinski definition) is 0. The first-order valence-electron chi connectivity index (χ1n) is 8.13. The number of benzene rings is 2. The predicted molar refractivity (Wildman–Crippen MR) is 96.6 cm³/mol. The monoisotopic (exact) mass is 319 g/mol. The molecule has 0 bridgehead atoms. The van der Waals surface area contributed by atoms with Gasteiger partial charge in [0.1, 0.15) is 0 Å². The van der Waals surface area contributed by atoms with Gasteiger partial charge in [0.15, 0.2) is 0 Å². The predicted octanol–water partition coefficient (Wildman–Crippen LogP) is 4.94. The number of rotatable bonds is 4. The molecule has 0 amide bonds. The van der Waals surface area contributed by atoms with Crippen molar-refractivity contribution in [2.45, 2.75) is 20.8 Å². The lowest BCUT2D eigenvalue weighted by Crippen LogP contribution is -2.07. The van der Waals surface area contributed by atoms with Crippen molar-refractivity contribution in [3.8, 4) is 16.8 Å². The minimum atomic E-state index is -0.278. The molecular weight excluding hydrogens is 298 g/mol. The van der Waals surface area contributed by atoms with Crippen LogP contribution >= 0.6 is 0 Å². The summed E-state index contributed by atoms with van der Waals surface area (Å²) in [5, 5.41) is 0. The van der Waals surface area contributed by atoms with Gasteiger partial charge in [0.05, 0.1) is 12.2 Å². The van der Waals surface area contributed by atoms with Crippen molar-refractivity contribution in [1.82, 2.24) is 4.57 Å². The van der Waals surface area contributed by atoms with E-state index >= 15 is 0 Å². The van der Waals surface area contributed by atoms with Gasteiger partial charge < -0.3 is 9.30 Å². The maximum atomic E-state index is 12.5. The smallest absolute Gasteiger partial charge is 0.340 e. The molecule has 3 rings (SSSR count). The highest BCUT2D eigenvalue weighted by Gasteiger charge is 2.22. The van der Waals surface area contributed by atoms with Gasteiger partial charge in [0, 0.05) is 23.1 Å². The zero-order chi connectivity index (χ0) is 17.1. The van der Waals surface area contributed by atoms with E-state index < -0.39 is 0 Å². The molecule has 1 heterocycles. The van der Waals surface area contributed by atoms with E-state index in [0.717, 1.165) is 22.5 Å². The Morgan fingerprint density at radius 1 is 1.00 bits per heavy atom. The molecule has 2 aromatic carbocycles. The lowest BCUT2D eigenvalue weighted by atomic mass is 10.0. The quantitative estimate of drug-likeness (QED) is 0.638. The molecule has 0 unspecified atom stereocenters. The summed E-state index contributed by atoms with van der Waals surface area (Å²) in [6.45, 7) is 6.20. The van der Waals surface area contributed by atoms with Crippen LogP contribution in [0.5, 0.6) is 0 Å². The van der Waals surface area contributed by atoms with Crippen LogP contribution in [0.2, 0.25) is 0 Å². The summed E-state index contributed by atoms with van der Waals surface area (Å²) in [6.07, 6.45) is 2.02. The Labute approximate surface area is 142 Å². The van der Waals surface area contributed by atoms with Crippen molar-refractivity contribution < 1.29 is 9.53 Å². The number of ether oxygens (including phenoxy) is 1. The molecule has 1 aromatic heterocycles. The average Bonchev–Trinajstić information content (AvgIpc) is 2.94. The summed E-state index contributed by atoms with van der Waals surface area (Å²) in [5.74, 6) is -0.278. The molecule has 0 spiro atoms. The number of aryl methyl sites for hydroxylation is 1. The molecule has 0 fully saturated rings. The summed E-state index contributed by atoms with van der Waals surface area (Å²) >= 11 is 0. The number of para-hydroxylation sites is 1. The Morgan fingerprint density at radius 2 is 1.67 bits per heavy atom. The summed E-state index contributed by atoms with van der Waals surface area (Å²) < 4.78 is 7.33. The van der Waals surface area contributed by atoms with Crippen molar-refractivity contribution in [1.29, 1.82) is 0 Å². The van der Waals surface area contributed by atoms with Gasteiger partial charge in [0.2, 0.25) is 0 Å². The van der Waals surface area contributed by atoms with Gasteiger partial charge in [-0.05, 0) is 38.5 Å². The second-order valence-electron chi connectivity index (χ2n) is 5.80. The van der Waals surface area contributed by atoms with Crippen LogP contribution in [0.25, 0.3) is 16.8 Å². The lowest BCUT2D eigenvalue weighted by Gasteiger charge is -2.07. The summed E-state index contributed by atoms with van der Waals surface area (Å²) in [7, 11) is 0. The lowest BCUT2D eigenvalue weighted by molar-refractivity contribution is 0.0526. The highest BCUT2D eigenvalue weighted by atomic mass is 16.5. The fourth-order valence-corrected chi connectivity index (χ4v) is 2.88. The molecule has 0 aliphatic carbocycles. The molecule has 0 aliphatic rings. The zero-order valence-electron chi connectivity index (χ0n) is 14.2. The van der Waals surface area contributed by atoms with Crippen LogP contribution in [0, 0.1) is 13.8 Å². The van der Waals surface area contributed by atoms with Gasteiger partial charge in [-0.2, -0.15) is 0 Å². The molecule has 0 N–H and O–H groups in total. The molecule has 3 heteroatoms. The number of hydrogen-bond acceptors (Lipinski definition) is 2. The molecule has 3 nitrogen and oxygen atoms in total. The van der Waals surface area contributed by atoms with E-state index in [4.69, 9.17) is 4.74 Å². The van der Waals surface area contributed by atoms with Crippen LogP contribution in [-0.2, 0) is 4.74 Å². The third-order valence-electron chi connectivity index (χ3n) is 4.13. The molecule has 0 aliphatic heterocycles. The SMILES string of the molecule is CCOC(=O)c1c(-c2ccc(C)cc2)cn(-c2ccccc2)c1C. The first kappa shape index (κ1) is 16.1. The van der Waals surface area contributed by atoms with Crippen molar-refractivity contribution in [2.75, 3.05) is 6.61 Å². The average molecular weight is 319 g/mol. The summed E-state index contributed by atoms with van der Waals surface area (Å²) in [6, 6.07) is 18.2. The van der Waals surface area contributed by atoms with Gasteiger partial charge in [-0.1, -0.05) is 48.0 Å². The Hall–Kier alpha value is -2.81. The zero-order valence-corrected chi connectivity index (χ0v) is 14.2. The topological polar surface area (TPSA) is 31.2 Å². The Balaban J connectivity index is 2.19. The number of carbonyl (C=O) groups is 1. The van der Waals surface area contributed by atoms with Gasteiger partial charge in [-0.25, -0.2) is 4.79 Å². The van der Waals surface area contributed by atoms with E-state index in [-0.39, 0.29) is 5.97 Å². The minimum Gasteiger partial charge on any atom is -0.462 e. The maximum Gasteiger partial charge on any atom is 0.340 e. The van der Waals surface area contributed by atoms with Crippen LogP contribution < -0.4 is 0 Å². The standard InChI is InChI=1S/C21H21NO2/c1-4-24-21(23)20-16(3)22(18-8-6-5-7-9-18)14-19(20)17-12-10-15(2)11-13-17/h5-14H,4H2,1-3H3. The molecule has 0 saturated heterocycles. The van der Waals surface area contributed by atoms with E-state index in [0.29, 0.717) is 12.2 Å². The molecule has 122 valence electrons. The van der Waals surface area contributed by atoms with E-state index in [1.165, 1.54) is 5.56 Å². The molecule has 0 saturated carbocycles. The van der Waals surface area contributed by atoms with E-state index in [2.05, 4.69) is 19.1 Å². The van der Waals surface area contributed by atoms with Gasteiger partial charge in [-0.15, -0.1) is 0 Å². The first-order valence-corrected chi connectivity index (χ1v) is 8.13. The summed E-state index contributed by atoms with van der Waals surface area (Å²) in [5.41, 5.74) is 5.64. The fraction of sp³-hybridized carbons (Fsp3) is 0.190. The number of esters is 1. The van der Waals surface area contributed by atoms with E-state index in [1.54, 1.807) is 0 Å². The minimum absolute atomic E-state index is 0.278. The number of aromatic nitrogens is 1. The van der Waals surface area contributed by atoms with Gasteiger partial charge in [0.25, 0.3) is 0 Å². The highest BCUT2D eigenvalue weighted by molar-refractivity contribution is 5.99. The van der Waals surface area contributed by atoms with Crippen molar-refractivity contribution in [3.63, 3.8) is 0 Å².